The van der Waals surface area contributed by atoms with Gasteiger partial charge in [-0.25, -0.2) is 0 Å². The third kappa shape index (κ3) is 2.68. The summed E-state index contributed by atoms with van der Waals surface area (Å²) in [5.74, 6) is 0.948. The maximum absolute atomic E-state index is 5.33. The lowest BCUT2D eigenvalue weighted by molar-refractivity contribution is 0.177. The van der Waals surface area contributed by atoms with E-state index >= 15 is 0 Å². The van der Waals surface area contributed by atoms with Crippen LogP contribution in [0.4, 0.5) is 0 Å². The Kier molecular flexibility index (Phi) is 3.70. The molecule has 2 aromatic rings. The third-order valence-corrected chi connectivity index (χ3v) is 5.37. The molecule has 23 heavy (non-hydrogen) atoms. The Morgan fingerprint density at radius 3 is 2.70 bits per heavy atom. The van der Waals surface area contributed by atoms with E-state index in [1.807, 2.05) is 6.07 Å². The zero-order valence-corrected chi connectivity index (χ0v) is 13.7. The number of fused-ring (bicyclic) bond motifs is 2. The van der Waals surface area contributed by atoms with Gasteiger partial charge < -0.3 is 4.74 Å². The maximum atomic E-state index is 5.33. The van der Waals surface area contributed by atoms with Gasteiger partial charge in [0.2, 0.25) is 0 Å². The second kappa shape index (κ2) is 5.86. The highest BCUT2D eigenvalue weighted by molar-refractivity contribution is 5.65. The first kappa shape index (κ1) is 14.5. The van der Waals surface area contributed by atoms with Crippen LogP contribution in [0.2, 0.25) is 0 Å². The summed E-state index contributed by atoms with van der Waals surface area (Å²) in [5, 5.41) is 0. The fourth-order valence-corrected chi connectivity index (χ4v) is 4.01. The van der Waals surface area contributed by atoms with Crippen molar-refractivity contribution < 1.29 is 4.74 Å². The van der Waals surface area contributed by atoms with Crippen molar-refractivity contribution >= 4 is 6.08 Å². The molecule has 0 radical (unpaired) electrons. The number of likely N-dealkylation sites (tertiary alicyclic amines) is 1. The van der Waals surface area contributed by atoms with E-state index in [0.29, 0.717) is 0 Å². The zero-order valence-electron chi connectivity index (χ0n) is 13.7. The minimum atomic E-state index is 0.279. The lowest BCUT2D eigenvalue weighted by Crippen LogP contribution is -2.40. The molecule has 0 saturated carbocycles. The van der Waals surface area contributed by atoms with Gasteiger partial charge in [0.1, 0.15) is 5.75 Å². The van der Waals surface area contributed by atoms with Crippen LogP contribution >= 0.6 is 0 Å². The van der Waals surface area contributed by atoms with Crippen molar-refractivity contribution in [1.82, 2.24) is 4.90 Å². The summed E-state index contributed by atoms with van der Waals surface area (Å²) < 4.78 is 5.33. The van der Waals surface area contributed by atoms with E-state index in [1.54, 1.807) is 7.11 Å². The summed E-state index contributed by atoms with van der Waals surface area (Å²) in [4.78, 5) is 2.56. The highest BCUT2D eigenvalue weighted by Crippen LogP contribution is 2.43. The first-order chi connectivity index (χ1) is 11.3. The Morgan fingerprint density at radius 2 is 1.87 bits per heavy atom. The second-order valence-electron chi connectivity index (χ2n) is 6.70. The van der Waals surface area contributed by atoms with E-state index in [2.05, 4.69) is 59.5 Å². The summed E-state index contributed by atoms with van der Waals surface area (Å²) in [6.45, 7) is 3.31. The molecular formula is C21H23NO. The molecule has 2 nitrogen and oxygen atoms in total. The van der Waals surface area contributed by atoms with Crippen LogP contribution in [0.25, 0.3) is 6.08 Å². The van der Waals surface area contributed by atoms with Crippen LogP contribution < -0.4 is 4.74 Å². The van der Waals surface area contributed by atoms with Crippen LogP contribution in [-0.4, -0.2) is 25.1 Å². The minimum Gasteiger partial charge on any atom is -0.497 e. The van der Waals surface area contributed by atoms with Gasteiger partial charge in [-0.3, -0.25) is 4.90 Å². The summed E-state index contributed by atoms with van der Waals surface area (Å²) >= 11 is 0. The van der Waals surface area contributed by atoms with Crippen molar-refractivity contribution in [3.63, 3.8) is 0 Å². The molecule has 1 fully saturated rings. The second-order valence-corrected chi connectivity index (χ2v) is 6.70. The van der Waals surface area contributed by atoms with Gasteiger partial charge in [0.25, 0.3) is 0 Å². The van der Waals surface area contributed by atoms with Crippen LogP contribution in [0.1, 0.15) is 29.5 Å². The standard InChI is InChI=1S/C21H23NO/c1-23-19-7-4-5-17(15-19)16-22-13-11-21(12-14-22)10-9-18-6-2-3-8-20(18)21/h2-10,15H,11-14,16H2,1H3. The molecule has 1 spiro atoms. The number of hydrogen-bond acceptors (Lipinski definition) is 2. The number of ether oxygens (including phenoxy) is 1. The van der Waals surface area contributed by atoms with Crippen LogP contribution in [0, 0.1) is 0 Å². The molecule has 2 aromatic carbocycles. The lowest BCUT2D eigenvalue weighted by Gasteiger charge is -2.39. The molecule has 2 aliphatic rings. The van der Waals surface area contributed by atoms with Gasteiger partial charge in [0.05, 0.1) is 7.11 Å². The van der Waals surface area contributed by atoms with Crippen LogP contribution in [0.15, 0.2) is 54.6 Å². The van der Waals surface area contributed by atoms with Crippen molar-refractivity contribution in [2.75, 3.05) is 20.2 Å². The average molecular weight is 305 g/mol. The van der Waals surface area contributed by atoms with Gasteiger partial charge in [0, 0.05) is 12.0 Å². The fourth-order valence-electron chi connectivity index (χ4n) is 4.01. The lowest BCUT2D eigenvalue weighted by atomic mass is 9.74. The van der Waals surface area contributed by atoms with Crippen molar-refractivity contribution in [3.05, 3.63) is 71.3 Å². The molecule has 0 unspecified atom stereocenters. The number of benzene rings is 2. The quantitative estimate of drug-likeness (QED) is 0.840. The molecule has 2 heteroatoms. The molecule has 4 rings (SSSR count). The van der Waals surface area contributed by atoms with E-state index in [1.165, 1.54) is 29.5 Å². The Bertz CT molecular complexity index is 726. The molecular weight excluding hydrogens is 282 g/mol. The Morgan fingerprint density at radius 1 is 1.04 bits per heavy atom. The van der Waals surface area contributed by atoms with Crippen LogP contribution in [0.5, 0.6) is 5.75 Å². The predicted molar refractivity (Wildman–Crippen MR) is 94.7 cm³/mol. The first-order valence-electron chi connectivity index (χ1n) is 8.43. The smallest absolute Gasteiger partial charge is 0.119 e. The fraction of sp³-hybridized carbons (Fsp3) is 0.333. The number of rotatable bonds is 3. The summed E-state index contributed by atoms with van der Waals surface area (Å²) in [5.41, 5.74) is 4.55. The van der Waals surface area contributed by atoms with Gasteiger partial charge in [0.15, 0.2) is 0 Å². The molecule has 0 bridgehead atoms. The Balaban J connectivity index is 1.45. The molecule has 1 saturated heterocycles. The van der Waals surface area contributed by atoms with E-state index < -0.39 is 0 Å². The van der Waals surface area contributed by atoms with Crippen LogP contribution in [-0.2, 0) is 12.0 Å². The van der Waals surface area contributed by atoms with Gasteiger partial charge in [-0.05, 0) is 54.8 Å². The first-order valence-corrected chi connectivity index (χ1v) is 8.43. The van der Waals surface area contributed by atoms with Crippen molar-refractivity contribution in [2.45, 2.75) is 24.8 Å². The number of nitrogens with zero attached hydrogens (tertiary/aromatic N) is 1. The topological polar surface area (TPSA) is 12.5 Å². The number of methoxy groups -OCH3 is 1. The summed E-state index contributed by atoms with van der Waals surface area (Å²) in [6.07, 6.45) is 7.18. The van der Waals surface area contributed by atoms with Crippen molar-refractivity contribution in [2.24, 2.45) is 0 Å². The van der Waals surface area contributed by atoms with E-state index in [9.17, 15) is 0 Å². The molecule has 1 aliphatic heterocycles. The summed E-state index contributed by atoms with van der Waals surface area (Å²) in [6, 6.07) is 17.3. The van der Waals surface area contributed by atoms with Crippen molar-refractivity contribution in [1.29, 1.82) is 0 Å². The van der Waals surface area contributed by atoms with Crippen molar-refractivity contribution in [3.8, 4) is 5.75 Å². The van der Waals surface area contributed by atoms with E-state index in [0.717, 1.165) is 25.4 Å². The Hall–Kier alpha value is -2.06. The molecule has 0 N–H and O–H groups in total. The van der Waals surface area contributed by atoms with Gasteiger partial charge >= 0.3 is 0 Å². The molecule has 118 valence electrons. The minimum absolute atomic E-state index is 0.279. The van der Waals surface area contributed by atoms with Gasteiger partial charge in [-0.15, -0.1) is 0 Å². The highest BCUT2D eigenvalue weighted by atomic mass is 16.5. The number of hydrogen-bond donors (Lipinski definition) is 0. The highest BCUT2D eigenvalue weighted by Gasteiger charge is 2.37. The average Bonchev–Trinajstić information content (AvgIpc) is 2.96. The Labute approximate surface area is 138 Å². The van der Waals surface area contributed by atoms with E-state index in [-0.39, 0.29) is 5.41 Å². The maximum Gasteiger partial charge on any atom is 0.119 e. The zero-order chi connectivity index (χ0) is 15.7. The van der Waals surface area contributed by atoms with E-state index in [4.69, 9.17) is 4.74 Å². The number of allylic oxidation sites excluding steroid dienone is 1. The molecule has 0 amide bonds. The molecule has 0 aromatic heterocycles. The summed E-state index contributed by atoms with van der Waals surface area (Å²) in [7, 11) is 1.73. The largest absolute Gasteiger partial charge is 0.497 e. The van der Waals surface area contributed by atoms with Gasteiger partial charge in [-0.1, -0.05) is 48.6 Å². The third-order valence-electron chi connectivity index (χ3n) is 5.37. The molecule has 0 atom stereocenters. The monoisotopic (exact) mass is 305 g/mol. The van der Waals surface area contributed by atoms with Crippen LogP contribution in [0.3, 0.4) is 0 Å². The SMILES string of the molecule is COc1cccc(CN2CCC3(C=Cc4ccccc43)CC2)c1. The number of piperidine rings is 1. The normalized spacial score (nSPS) is 19.0. The molecule has 1 aliphatic carbocycles. The van der Waals surface area contributed by atoms with Gasteiger partial charge in [-0.2, -0.15) is 0 Å². The predicted octanol–water partition coefficient (Wildman–Crippen LogP) is 4.26. The molecule has 1 heterocycles.